The number of hydrogen-bond acceptors (Lipinski definition) is 6. The molecule has 0 spiro atoms. The van der Waals surface area contributed by atoms with Gasteiger partial charge in [-0.05, 0) is 67.3 Å². The summed E-state index contributed by atoms with van der Waals surface area (Å²) in [7, 11) is 0. The Morgan fingerprint density at radius 3 is 2.58 bits per heavy atom. The number of benzene rings is 1. The summed E-state index contributed by atoms with van der Waals surface area (Å²) in [5.41, 5.74) is 2.17. The SMILES string of the molecule is FC(F)(F)c1cc(Nc2nc(-c3cccnc3)cs2)ccc1OCCCCc1ccncc1. The van der Waals surface area contributed by atoms with Crippen LogP contribution in [0.5, 0.6) is 5.75 Å². The fourth-order valence-corrected chi connectivity index (χ4v) is 3.96. The second-order valence-electron chi connectivity index (χ2n) is 7.27. The molecule has 3 heterocycles. The van der Waals surface area contributed by atoms with Crippen LogP contribution in [0.1, 0.15) is 24.0 Å². The highest BCUT2D eigenvalue weighted by molar-refractivity contribution is 7.14. The maximum Gasteiger partial charge on any atom is 0.420 e. The second-order valence-corrected chi connectivity index (χ2v) is 8.13. The Kier molecular flexibility index (Phi) is 7.19. The Bertz CT molecular complexity index is 1170. The van der Waals surface area contributed by atoms with E-state index in [0.29, 0.717) is 22.9 Å². The lowest BCUT2D eigenvalue weighted by Gasteiger charge is -2.15. The van der Waals surface area contributed by atoms with Crippen molar-refractivity contribution in [3.63, 3.8) is 0 Å². The topological polar surface area (TPSA) is 59.9 Å². The number of alkyl halides is 3. The first-order valence-electron chi connectivity index (χ1n) is 10.3. The molecule has 0 fully saturated rings. The molecular formula is C24H21F3N4OS. The van der Waals surface area contributed by atoms with E-state index >= 15 is 0 Å². The van der Waals surface area contributed by atoms with Crippen LogP contribution in [0.15, 0.2) is 72.6 Å². The van der Waals surface area contributed by atoms with Crippen molar-refractivity contribution >= 4 is 22.2 Å². The Balaban J connectivity index is 1.39. The van der Waals surface area contributed by atoms with E-state index < -0.39 is 11.7 Å². The zero-order valence-electron chi connectivity index (χ0n) is 17.5. The first kappa shape index (κ1) is 22.7. The summed E-state index contributed by atoms with van der Waals surface area (Å²) in [6, 6.07) is 11.5. The van der Waals surface area contributed by atoms with E-state index in [4.69, 9.17) is 4.74 Å². The third-order valence-electron chi connectivity index (χ3n) is 4.86. The average molecular weight is 471 g/mol. The van der Waals surface area contributed by atoms with Gasteiger partial charge in [-0.15, -0.1) is 11.3 Å². The van der Waals surface area contributed by atoms with Crippen LogP contribution in [-0.4, -0.2) is 21.6 Å². The third-order valence-corrected chi connectivity index (χ3v) is 5.62. The van der Waals surface area contributed by atoms with E-state index in [1.807, 2.05) is 23.6 Å². The van der Waals surface area contributed by atoms with Crippen LogP contribution in [0.4, 0.5) is 24.0 Å². The van der Waals surface area contributed by atoms with Gasteiger partial charge in [-0.1, -0.05) is 0 Å². The Morgan fingerprint density at radius 1 is 0.970 bits per heavy atom. The smallest absolute Gasteiger partial charge is 0.420 e. The molecule has 4 rings (SSSR count). The molecule has 0 saturated heterocycles. The van der Waals surface area contributed by atoms with Crippen molar-refractivity contribution in [1.82, 2.24) is 15.0 Å². The molecule has 0 saturated carbocycles. The molecule has 170 valence electrons. The number of hydrogen-bond donors (Lipinski definition) is 1. The number of aryl methyl sites for hydroxylation is 1. The molecule has 0 radical (unpaired) electrons. The van der Waals surface area contributed by atoms with Crippen molar-refractivity contribution in [3.8, 4) is 17.0 Å². The van der Waals surface area contributed by atoms with Gasteiger partial charge >= 0.3 is 6.18 Å². The highest BCUT2D eigenvalue weighted by atomic mass is 32.1. The number of rotatable bonds is 9. The number of aromatic nitrogens is 3. The molecule has 0 unspecified atom stereocenters. The van der Waals surface area contributed by atoms with Crippen LogP contribution < -0.4 is 10.1 Å². The number of anilines is 2. The zero-order valence-corrected chi connectivity index (χ0v) is 18.4. The Morgan fingerprint density at radius 2 is 1.82 bits per heavy atom. The molecule has 33 heavy (non-hydrogen) atoms. The number of nitrogens with zero attached hydrogens (tertiary/aromatic N) is 3. The van der Waals surface area contributed by atoms with Gasteiger partial charge in [-0.2, -0.15) is 13.2 Å². The van der Waals surface area contributed by atoms with Crippen LogP contribution in [0, 0.1) is 0 Å². The largest absolute Gasteiger partial charge is 0.493 e. The van der Waals surface area contributed by atoms with Crippen molar-refractivity contribution in [2.75, 3.05) is 11.9 Å². The van der Waals surface area contributed by atoms with Crippen LogP contribution in [0.25, 0.3) is 11.3 Å². The summed E-state index contributed by atoms with van der Waals surface area (Å²) < 4.78 is 46.5. The first-order chi connectivity index (χ1) is 16.0. The quantitative estimate of drug-likeness (QED) is 0.274. The number of unbranched alkanes of at least 4 members (excludes halogenated alkanes) is 1. The Labute approximate surface area is 193 Å². The lowest BCUT2D eigenvalue weighted by Crippen LogP contribution is -2.10. The van der Waals surface area contributed by atoms with Crippen molar-refractivity contribution in [2.24, 2.45) is 0 Å². The number of nitrogens with one attached hydrogen (secondary N) is 1. The van der Waals surface area contributed by atoms with Crippen molar-refractivity contribution in [3.05, 3.63) is 83.8 Å². The minimum Gasteiger partial charge on any atom is -0.493 e. The summed E-state index contributed by atoms with van der Waals surface area (Å²) >= 11 is 1.31. The highest BCUT2D eigenvalue weighted by Gasteiger charge is 2.34. The second kappa shape index (κ2) is 10.4. The average Bonchev–Trinajstić information content (AvgIpc) is 3.29. The molecule has 5 nitrogen and oxygen atoms in total. The molecular weight excluding hydrogens is 449 g/mol. The fraction of sp³-hybridized carbons (Fsp3) is 0.208. The van der Waals surface area contributed by atoms with E-state index in [1.165, 1.54) is 17.4 Å². The van der Waals surface area contributed by atoms with Crippen LogP contribution in [0.3, 0.4) is 0 Å². The van der Waals surface area contributed by atoms with Gasteiger partial charge in [-0.3, -0.25) is 9.97 Å². The number of thiazole rings is 1. The van der Waals surface area contributed by atoms with Crippen molar-refractivity contribution < 1.29 is 17.9 Å². The molecule has 0 aliphatic rings. The summed E-state index contributed by atoms with van der Waals surface area (Å²) in [5, 5.41) is 5.27. The maximum atomic E-state index is 13.7. The van der Waals surface area contributed by atoms with Crippen LogP contribution in [0.2, 0.25) is 0 Å². The molecule has 3 aromatic heterocycles. The summed E-state index contributed by atoms with van der Waals surface area (Å²) in [4.78, 5) is 12.5. The van der Waals surface area contributed by atoms with Crippen molar-refractivity contribution in [2.45, 2.75) is 25.4 Å². The summed E-state index contributed by atoms with van der Waals surface area (Å²) in [5.74, 6) is -0.174. The summed E-state index contributed by atoms with van der Waals surface area (Å²) in [6.07, 6.45) is 4.56. The lowest BCUT2D eigenvalue weighted by atomic mass is 10.1. The standard InChI is InChI=1S/C24H21F3N4OS/c25-24(26,27)20-14-19(30-23-31-21(16-33-23)18-5-3-10-29-15-18)6-7-22(20)32-13-2-1-4-17-8-11-28-12-9-17/h3,5-12,14-16H,1-2,4,13H2,(H,30,31). The van der Waals surface area contributed by atoms with Gasteiger partial charge in [0.05, 0.1) is 17.9 Å². The number of pyridine rings is 2. The van der Waals surface area contributed by atoms with Gasteiger partial charge in [0, 0.05) is 41.4 Å². The predicted octanol–water partition coefficient (Wildman–Crippen LogP) is 6.76. The highest BCUT2D eigenvalue weighted by Crippen LogP contribution is 2.39. The minimum absolute atomic E-state index is 0.174. The van der Waals surface area contributed by atoms with E-state index in [2.05, 4.69) is 20.3 Å². The third kappa shape index (κ3) is 6.29. The van der Waals surface area contributed by atoms with Gasteiger partial charge in [0.1, 0.15) is 5.75 Å². The fourth-order valence-electron chi connectivity index (χ4n) is 3.22. The first-order valence-corrected chi connectivity index (χ1v) is 11.2. The van der Waals surface area contributed by atoms with Gasteiger partial charge in [-0.25, -0.2) is 4.98 Å². The van der Waals surface area contributed by atoms with E-state index in [9.17, 15) is 13.2 Å². The molecule has 0 bridgehead atoms. The normalized spacial score (nSPS) is 11.4. The zero-order chi connectivity index (χ0) is 23.1. The van der Waals surface area contributed by atoms with Crippen LogP contribution >= 0.6 is 11.3 Å². The molecule has 0 amide bonds. The molecule has 0 aliphatic carbocycles. The lowest BCUT2D eigenvalue weighted by molar-refractivity contribution is -0.138. The van der Waals surface area contributed by atoms with Gasteiger partial charge in [0.15, 0.2) is 5.13 Å². The molecule has 1 aromatic carbocycles. The van der Waals surface area contributed by atoms with Gasteiger partial charge in [0.25, 0.3) is 0 Å². The number of ether oxygens (including phenoxy) is 1. The minimum atomic E-state index is -4.53. The maximum absolute atomic E-state index is 13.7. The molecule has 1 N–H and O–H groups in total. The van der Waals surface area contributed by atoms with E-state index in [1.54, 1.807) is 36.9 Å². The van der Waals surface area contributed by atoms with E-state index in [-0.39, 0.29) is 12.4 Å². The summed E-state index contributed by atoms with van der Waals surface area (Å²) in [6.45, 7) is 0.210. The molecule has 0 atom stereocenters. The Hall–Kier alpha value is -3.46. The monoisotopic (exact) mass is 470 g/mol. The molecule has 0 aliphatic heterocycles. The van der Waals surface area contributed by atoms with E-state index in [0.717, 1.165) is 30.0 Å². The van der Waals surface area contributed by atoms with Gasteiger partial charge in [0.2, 0.25) is 0 Å². The van der Waals surface area contributed by atoms with Crippen LogP contribution in [-0.2, 0) is 12.6 Å². The molecule has 4 aromatic rings. The van der Waals surface area contributed by atoms with Crippen molar-refractivity contribution in [1.29, 1.82) is 0 Å². The molecule has 9 heteroatoms. The predicted molar refractivity (Wildman–Crippen MR) is 123 cm³/mol. The number of halogens is 3. The van der Waals surface area contributed by atoms with Gasteiger partial charge < -0.3 is 10.1 Å².